The molecule has 2 aromatic heterocycles. The Kier molecular flexibility index (Phi) is 12.3. The first-order valence-electron chi connectivity index (χ1n) is 27.4. The summed E-state index contributed by atoms with van der Waals surface area (Å²) < 4.78 is 13.8. The molecule has 8 aromatic carbocycles. The Balaban J connectivity index is 1.06. The molecule has 0 fully saturated rings. The van der Waals surface area contributed by atoms with Gasteiger partial charge in [-0.2, -0.15) is 0 Å². The van der Waals surface area contributed by atoms with E-state index in [1.807, 2.05) is 12.3 Å². The lowest BCUT2D eigenvalue weighted by molar-refractivity contribution is 0.483. The highest BCUT2D eigenvalue weighted by atomic mass is 16.5. The lowest BCUT2D eigenvalue weighted by atomic mass is 9.79. The molecule has 0 aliphatic carbocycles. The van der Waals surface area contributed by atoms with Gasteiger partial charge in [0.05, 0.1) is 22.7 Å². The molecular formula is C72H74N4O+2. The van der Waals surface area contributed by atoms with Crippen molar-refractivity contribution in [1.29, 1.82) is 0 Å². The molecule has 3 heterocycles. The van der Waals surface area contributed by atoms with Crippen LogP contribution in [0.25, 0.3) is 60.6 Å². The summed E-state index contributed by atoms with van der Waals surface area (Å²) in [6.07, 6.45) is 1.95. The van der Waals surface area contributed by atoms with E-state index in [1.54, 1.807) is 0 Å². The number of pyridine rings is 1. The third kappa shape index (κ3) is 9.72. The quantitative estimate of drug-likeness (QED) is 0.149. The first-order valence-corrected chi connectivity index (χ1v) is 27.4. The lowest BCUT2D eigenvalue weighted by Gasteiger charge is -2.26. The first-order chi connectivity index (χ1) is 36.3. The first kappa shape index (κ1) is 51.3. The van der Waals surface area contributed by atoms with Crippen LogP contribution in [0.4, 0.5) is 22.7 Å². The van der Waals surface area contributed by atoms with Crippen LogP contribution in [0.2, 0.25) is 0 Å². The summed E-state index contributed by atoms with van der Waals surface area (Å²) in [7, 11) is 0. The minimum atomic E-state index is -0.0680. The Morgan fingerprint density at radius 3 is 1.68 bits per heavy atom. The number of hydrogen-bond donors (Lipinski definition) is 0. The predicted octanol–water partition coefficient (Wildman–Crippen LogP) is 19.8. The van der Waals surface area contributed by atoms with E-state index in [-0.39, 0.29) is 27.1 Å². The number of hydrogen-bond acceptors (Lipinski definition) is 2. The van der Waals surface area contributed by atoms with Crippen molar-refractivity contribution < 1.29 is 4.74 Å². The molecule has 0 saturated carbocycles. The van der Waals surface area contributed by atoms with E-state index in [1.165, 1.54) is 60.7 Å². The van der Waals surface area contributed by atoms with Gasteiger partial charge in [-0.3, -0.25) is 4.57 Å². The normalized spacial score (nSPS) is 13.3. The van der Waals surface area contributed by atoms with Gasteiger partial charge in [0.25, 0.3) is 5.69 Å². The molecule has 0 atom stereocenters. The molecule has 0 unspecified atom stereocenters. The topological polar surface area (TPSA) is 33.1 Å². The Labute approximate surface area is 456 Å². The zero-order chi connectivity index (χ0) is 54.6. The van der Waals surface area contributed by atoms with Crippen LogP contribution in [-0.4, -0.2) is 15.6 Å². The summed E-state index contributed by atoms with van der Waals surface area (Å²) >= 11 is 0. The molecule has 5 heteroatoms. The Bertz CT molecular complexity index is 4000. The van der Waals surface area contributed by atoms with E-state index in [4.69, 9.17) is 9.72 Å². The standard InChI is InChI=1S/C72H74N4O/c1-68(2,3)49-33-34-73-66(42-49)76-63-32-29-47(48-35-50(69(4,5)6)38-51(36-48)70(7,8)9)37-62(63)60-31-30-57(44-65(60)76)77-56-24-19-23-54(43-56)74-45-75(55-40-52(71(10,11)12)39-53(41-55)72(13,14)15)67-61(27-20-28-64(67)74)59-26-18-22-46-21-16-17-25-58(46)59/h16-44H,1-15H3/q+2. The second kappa shape index (κ2) is 18.4. The van der Waals surface area contributed by atoms with Crippen LogP contribution in [0, 0.1) is 0 Å². The molecule has 1 aliphatic rings. The predicted molar refractivity (Wildman–Crippen MR) is 328 cm³/mol. The molecule has 10 aromatic rings. The van der Waals surface area contributed by atoms with E-state index in [2.05, 4.69) is 287 Å². The molecule has 0 bridgehead atoms. The molecule has 386 valence electrons. The van der Waals surface area contributed by atoms with Gasteiger partial charge in [0, 0.05) is 47.3 Å². The molecule has 77 heavy (non-hydrogen) atoms. The molecule has 0 N–H and O–H groups in total. The number of nitrogens with zero attached hydrogens (tertiary/aromatic N) is 4. The molecule has 0 spiro atoms. The maximum absolute atomic E-state index is 6.98. The maximum atomic E-state index is 6.98. The van der Waals surface area contributed by atoms with Crippen LogP contribution in [0.1, 0.15) is 132 Å². The van der Waals surface area contributed by atoms with Gasteiger partial charge in [0.1, 0.15) is 17.3 Å². The van der Waals surface area contributed by atoms with Crippen molar-refractivity contribution >= 4 is 61.3 Å². The molecule has 1 aliphatic heterocycles. The van der Waals surface area contributed by atoms with E-state index in [0.29, 0.717) is 0 Å². The van der Waals surface area contributed by atoms with Gasteiger partial charge >= 0.3 is 11.7 Å². The highest BCUT2D eigenvalue weighted by Crippen LogP contribution is 2.47. The summed E-state index contributed by atoms with van der Waals surface area (Å²) in [4.78, 5) is 5.05. The fourth-order valence-corrected chi connectivity index (χ4v) is 10.8. The third-order valence-corrected chi connectivity index (χ3v) is 15.6. The summed E-state index contributed by atoms with van der Waals surface area (Å²) in [6.45, 7) is 34.4. The van der Waals surface area contributed by atoms with Crippen LogP contribution in [0.15, 0.2) is 176 Å². The van der Waals surface area contributed by atoms with Crippen LogP contribution < -0.4 is 13.9 Å². The molecule has 0 radical (unpaired) electrons. The number of aromatic nitrogens is 2. The van der Waals surface area contributed by atoms with Crippen molar-refractivity contribution in [3.8, 4) is 39.6 Å². The van der Waals surface area contributed by atoms with Crippen molar-refractivity contribution in [1.82, 2.24) is 18.7 Å². The van der Waals surface area contributed by atoms with Gasteiger partial charge in [-0.1, -0.05) is 189 Å². The van der Waals surface area contributed by atoms with Gasteiger partial charge in [-0.15, -0.1) is 0 Å². The summed E-state index contributed by atoms with van der Waals surface area (Å²) in [5, 5.41) is 4.73. The van der Waals surface area contributed by atoms with Gasteiger partial charge in [-0.05, 0) is 140 Å². The number of fused-ring (bicyclic) bond motifs is 5. The number of benzene rings is 8. The summed E-state index contributed by atoms with van der Waals surface area (Å²) in [6, 6.07) is 66.4. The monoisotopic (exact) mass is 1010 g/mol. The minimum absolute atomic E-state index is 0.00234. The van der Waals surface area contributed by atoms with E-state index < -0.39 is 0 Å². The van der Waals surface area contributed by atoms with Crippen LogP contribution in [0.5, 0.6) is 11.5 Å². The third-order valence-electron chi connectivity index (χ3n) is 15.6. The maximum Gasteiger partial charge on any atom is 0.503 e. The largest absolute Gasteiger partial charge is 0.503 e. The lowest BCUT2D eigenvalue weighted by Crippen LogP contribution is -2.17. The minimum Gasteiger partial charge on any atom is -0.457 e. The zero-order valence-electron chi connectivity index (χ0n) is 47.9. The average molecular weight is 1010 g/mol. The van der Waals surface area contributed by atoms with Crippen molar-refractivity contribution in [2.45, 2.75) is 131 Å². The molecule has 0 saturated heterocycles. The zero-order valence-corrected chi connectivity index (χ0v) is 47.9. The fourth-order valence-electron chi connectivity index (χ4n) is 10.8. The fraction of sp³-hybridized carbons (Fsp3) is 0.278. The summed E-state index contributed by atoms with van der Waals surface area (Å²) in [5.41, 5.74) is 17.3. The van der Waals surface area contributed by atoms with Crippen LogP contribution in [0.3, 0.4) is 0 Å². The highest BCUT2D eigenvalue weighted by Gasteiger charge is 2.41. The molecule has 5 nitrogen and oxygen atoms in total. The molecular weight excluding hydrogens is 937 g/mol. The second-order valence-electron chi connectivity index (χ2n) is 26.5. The van der Waals surface area contributed by atoms with Gasteiger partial charge in [0.2, 0.25) is 11.4 Å². The number of ether oxygens (including phenoxy) is 1. The Morgan fingerprint density at radius 1 is 0.403 bits per heavy atom. The van der Waals surface area contributed by atoms with Crippen LogP contribution >= 0.6 is 0 Å². The Morgan fingerprint density at radius 2 is 1.00 bits per heavy atom. The van der Waals surface area contributed by atoms with E-state index in [0.717, 1.165) is 62.0 Å². The van der Waals surface area contributed by atoms with Crippen molar-refractivity contribution in [3.63, 3.8) is 0 Å². The Hall–Kier alpha value is -7.85. The highest BCUT2D eigenvalue weighted by molar-refractivity contribution is 6.11. The number of rotatable bonds is 7. The summed E-state index contributed by atoms with van der Waals surface area (Å²) in [5.74, 6) is 2.34. The van der Waals surface area contributed by atoms with Crippen molar-refractivity contribution in [2.24, 2.45) is 0 Å². The molecule has 11 rings (SSSR count). The van der Waals surface area contributed by atoms with Gasteiger partial charge in [0.15, 0.2) is 0 Å². The molecule has 0 amide bonds. The average Bonchev–Trinajstić information content (AvgIpc) is 4.03. The van der Waals surface area contributed by atoms with Crippen LogP contribution in [-0.2, 0) is 27.1 Å². The number of para-hydroxylation sites is 1. The second-order valence-corrected chi connectivity index (χ2v) is 26.5. The SMILES string of the molecule is CC(C)(C)c1cc(-c2ccc3c(c2)c2ccc(Oc4cccc([N+]5=C=[N+](c6cc(C(C)(C)C)cc(C(C)(C)C)c6)c6c(-c7cccc8ccccc78)cccc65)c4)cc2n3-c2cc(C(C)(C)C)ccn2)cc(C(C)(C)C)c1. The van der Waals surface area contributed by atoms with Crippen molar-refractivity contribution in [2.75, 3.05) is 0 Å². The van der Waals surface area contributed by atoms with E-state index in [9.17, 15) is 0 Å². The smallest absolute Gasteiger partial charge is 0.457 e. The van der Waals surface area contributed by atoms with Crippen molar-refractivity contribution in [3.05, 3.63) is 204 Å². The van der Waals surface area contributed by atoms with E-state index >= 15 is 0 Å². The van der Waals surface area contributed by atoms with Gasteiger partial charge in [-0.25, -0.2) is 4.98 Å². The van der Waals surface area contributed by atoms with Gasteiger partial charge < -0.3 is 4.74 Å².